The van der Waals surface area contributed by atoms with Crippen LogP contribution in [-0.4, -0.2) is 23.1 Å². The van der Waals surface area contributed by atoms with Crippen LogP contribution >= 0.6 is 11.6 Å². The molecule has 1 heterocycles. The van der Waals surface area contributed by atoms with E-state index in [2.05, 4.69) is 10.5 Å². The van der Waals surface area contributed by atoms with Gasteiger partial charge in [0.25, 0.3) is 0 Å². The topological polar surface area (TPSA) is 58.4 Å². The van der Waals surface area contributed by atoms with E-state index in [1.807, 2.05) is 37.3 Å². The number of urea groups is 1. The molecule has 2 amide bonds. The first kappa shape index (κ1) is 15.9. The van der Waals surface area contributed by atoms with Gasteiger partial charge >= 0.3 is 6.03 Å². The van der Waals surface area contributed by atoms with E-state index in [1.165, 1.54) is 0 Å². The lowest BCUT2D eigenvalue weighted by atomic mass is 10.0. The Balaban J connectivity index is 1.65. The standard InChI is InChI=1S/C17H20ClN3O2/c1-11-9-15(20-23-11)10-21(2)17(22)19-16(12-3-4-12)13-5-7-14(18)8-6-13/h5-9,12,16H,3-4,10H2,1-2H3,(H,19,22). The molecule has 6 heteroatoms. The number of nitrogens with one attached hydrogen (secondary N) is 1. The summed E-state index contributed by atoms with van der Waals surface area (Å²) in [6.07, 6.45) is 2.28. The lowest BCUT2D eigenvalue weighted by molar-refractivity contribution is 0.200. The predicted molar refractivity (Wildman–Crippen MR) is 88.2 cm³/mol. The van der Waals surface area contributed by atoms with E-state index in [9.17, 15) is 4.79 Å². The van der Waals surface area contributed by atoms with E-state index in [-0.39, 0.29) is 12.1 Å². The number of carbonyl (C=O) groups excluding carboxylic acids is 1. The highest BCUT2D eigenvalue weighted by atomic mass is 35.5. The summed E-state index contributed by atoms with van der Waals surface area (Å²) >= 11 is 5.95. The molecule has 0 aliphatic heterocycles. The van der Waals surface area contributed by atoms with E-state index < -0.39 is 0 Å². The van der Waals surface area contributed by atoms with Crippen molar-refractivity contribution in [3.05, 3.63) is 52.4 Å². The van der Waals surface area contributed by atoms with Gasteiger partial charge in [-0.3, -0.25) is 0 Å². The highest BCUT2D eigenvalue weighted by Crippen LogP contribution is 2.41. The molecule has 2 aromatic rings. The summed E-state index contributed by atoms with van der Waals surface area (Å²) in [4.78, 5) is 14.1. The van der Waals surface area contributed by atoms with Crippen LogP contribution in [-0.2, 0) is 6.54 Å². The molecule has 1 aromatic carbocycles. The average Bonchev–Trinajstić information content (AvgIpc) is 3.29. The Hall–Kier alpha value is -2.01. The maximum absolute atomic E-state index is 12.5. The number of amides is 2. The van der Waals surface area contributed by atoms with Gasteiger partial charge in [0.15, 0.2) is 0 Å². The van der Waals surface area contributed by atoms with Crippen LogP contribution < -0.4 is 5.32 Å². The Kier molecular flexibility index (Phi) is 4.57. The molecule has 3 rings (SSSR count). The molecule has 0 radical (unpaired) electrons. The maximum atomic E-state index is 12.5. The number of hydrogen-bond acceptors (Lipinski definition) is 3. The summed E-state index contributed by atoms with van der Waals surface area (Å²) in [5.41, 5.74) is 1.84. The van der Waals surface area contributed by atoms with Crippen molar-refractivity contribution in [1.29, 1.82) is 0 Å². The van der Waals surface area contributed by atoms with Gasteiger partial charge in [0.05, 0.1) is 12.6 Å². The van der Waals surface area contributed by atoms with Crippen molar-refractivity contribution < 1.29 is 9.32 Å². The number of benzene rings is 1. The van der Waals surface area contributed by atoms with E-state index in [1.54, 1.807) is 11.9 Å². The number of aryl methyl sites for hydroxylation is 1. The van der Waals surface area contributed by atoms with Gasteiger partial charge in [0.2, 0.25) is 0 Å². The van der Waals surface area contributed by atoms with Crippen LogP contribution in [0.15, 0.2) is 34.9 Å². The molecule has 1 aliphatic rings. The van der Waals surface area contributed by atoms with Gasteiger partial charge in [-0.2, -0.15) is 0 Å². The zero-order valence-corrected chi connectivity index (χ0v) is 14.0. The SMILES string of the molecule is Cc1cc(CN(C)C(=O)NC(c2ccc(Cl)cc2)C2CC2)no1. The van der Waals surface area contributed by atoms with Crippen molar-refractivity contribution in [2.24, 2.45) is 5.92 Å². The minimum atomic E-state index is -0.113. The van der Waals surface area contributed by atoms with Gasteiger partial charge < -0.3 is 14.7 Å². The molecule has 0 spiro atoms. The fourth-order valence-electron chi connectivity index (χ4n) is 2.62. The van der Waals surface area contributed by atoms with Crippen LogP contribution in [0.3, 0.4) is 0 Å². The Morgan fingerprint density at radius 2 is 2.13 bits per heavy atom. The lowest BCUT2D eigenvalue weighted by Crippen LogP contribution is -2.39. The van der Waals surface area contributed by atoms with E-state index in [4.69, 9.17) is 16.1 Å². The van der Waals surface area contributed by atoms with Gasteiger partial charge in [-0.15, -0.1) is 0 Å². The smallest absolute Gasteiger partial charge is 0.317 e. The van der Waals surface area contributed by atoms with E-state index >= 15 is 0 Å². The lowest BCUT2D eigenvalue weighted by Gasteiger charge is -2.23. The zero-order valence-electron chi connectivity index (χ0n) is 13.3. The number of nitrogens with zero attached hydrogens (tertiary/aromatic N) is 2. The molecule has 122 valence electrons. The second-order valence-electron chi connectivity index (χ2n) is 6.10. The number of hydrogen-bond donors (Lipinski definition) is 1. The van der Waals surface area contributed by atoms with Crippen molar-refractivity contribution in [1.82, 2.24) is 15.4 Å². The average molecular weight is 334 g/mol. The van der Waals surface area contributed by atoms with Crippen LogP contribution in [0.4, 0.5) is 4.79 Å². The van der Waals surface area contributed by atoms with Crippen LogP contribution in [0.25, 0.3) is 0 Å². The molecule has 1 atom stereocenters. The number of carbonyl (C=O) groups is 1. The van der Waals surface area contributed by atoms with Crippen molar-refractivity contribution in [3.8, 4) is 0 Å². The minimum absolute atomic E-state index is 0.0289. The zero-order chi connectivity index (χ0) is 16.4. The van der Waals surface area contributed by atoms with Crippen molar-refractivity contribution in [3.63, 3.8) is 0 Å². The Bertz CT molecular complexity index is 679. The third-order valence-corrected chi connectivity index (χ3v) is 4.28. The molecular weight excluding hydrogens is 314 g/mol. The molecule has 1 fully saturated rings. The van der Waals surface area contributed by atoms with Gasteiger partial charge in [-0.1, -0.05) is 28.9 Å². The first-order valence-corrected chi connectivity index (χ1v) is 8.10. The first-order chi connectivity index (χ1) is 11.0. The third-order valence-electron chi connectivity index (χ3n) is 4.02. The van der Waals surface area contributed by atoms with Gasteiger partial charge in [-0.05, 0) is 43.4 Å². The number of aromatic nitrogens is 1. The molecule has 1 saturated carbocycles. The largest absolute Gasteiger partial charge is 0.361 e. The summed E-state index contributed by atoms with van der Waals surface area (Å²) in [5.74, 6) is 1.24. The molecular formula is C17H20ClN3O2. The molecule has 1 aromatic heterocycles. The van der Waals surface area contributed by atoms with Gasteiger partial charge in [0.1, 0.15) is 11.5 Å². The second-order valence-corrected chi connectivity index (χ2v) is 6.54. The summed E-state index contributed by atoms with van der Waals surface area (Å²) in [6, 6.07) is 9.43. The fourth-order valence-corrected chi connectivity index (χ4v) is 2.75. The molecule has 0 saturated heterocycles. The normalized spacial score (nSPS) is 15.3. The predicted octanol–water partition coefficient (Wildman–Crippen LogP) is 3.93. The summed E-state index contributed by atoms with van der Waals surface area (Å²) in [6.45, 7) is 2.25. The molecule has 23 heavy (non-hydrogen) atoms. The summed E-state index contributed by atoms with van der Waals surface area (Å²) in [7, 11) is 1.76. The summed E-state index contributed by atoms with van der Waals surface area (Å²) < 4.78 is 5.03. The highest BCUT2D eigenvalue weighted by molar-refractivity contribution is 6.30. The second kappa shape index (κ2) is 6.62. The fraction of sp³-hybridized carbons (Fsp3) is 0.412. The highest BCUT2D eigenvalue weighted by Gasteiger charge is 2.34. The Labute approximate surface area is 140 Å². The molecule has 5 nitrogen and oxygen atoms in total. The Morgan fingerprint density at radius 1 is 1.43 bits per heavy atom. The maximum Gasteiger partial charge on any atom is 0.317 e. The van der Waals surface area contributed by atoms with E-state index in [0.29, 0.717) is 17.5 Å². The van der Waals surface area contributed by atoms with Crippen LogP contribution in [0, 0.1) is 12.8 Å². The quantitative estimate of drug-likeness (QED) is 0.902. The molecule has 1 aliphatic carbocycles. The van der Waals surface area contributed by atoms with Gasteiger partial charge in [0, 0.05) is 18.1 Å². The monoisotopic (exact) mass is 333 g/mol. The number of rotatable bonds is 5. The number of halogens is 1. The van der Waals surface area contributed by atoms with Crippen LogP contribution in [0.5, 0.6) is 0 Å². The third kappa shape index (κ3) is 4.05. The molecule has 1 unspecified atom stereocenters. The molecule has 1 N–H and O–H groups in total. The minimum Gasteiger partial charge on any atom is -0.361 e. The van der Waals surface area contributed by atoms with Crippen LogP contribution in [0.1, 0.15) is 35.9 Å². The van der Waals surface area contributed by atoms with Crippen molar-refractivity contribution in [2.45, 2.75) is 32.4 Å². The van der Waals surface area contributed by atoms with Crippen molar-refractivity contribution in [2.75, 3.05) is 7.05 Å². The van der Waals surface area contributed by atoms with Gasteiger partial charge in [-0.25, -0.2) is 4.79 Å². The first-order valence-electron chi connectivity index (χ1n) is 7.72. The van der Waals surface area contributed by atoms with Crippen molar-refractivity contribution >= 4 is 17.6 Å². The molecule has 0 bridgehead atoms. The summed E-state index contributed by atoms with van der Waals surface area (Å²) in [5, 5.41) is 7.75. The van der Waals surface area contributed by atoms with E-state index in [0.717, 1.165) is 29.9 Å². The Morgan fingerprint density at radius 3 is 2.70 bits per heavy atom. The van der Waals surface area contributed by atoms with Crippen LogP contribution in [0.2, 0.25) is 5.02 Å².